The van der Waals surface area contributed by atoms with E-state index in [4.69, 9.17) is 34.8 Å². The van der Waals surface area contributed by atoms with E-state index in [0.29, 0.717) is 31.8 Å². The number of nitrogens with one attached hydrogen (secondary N) is 1. The normalized spacial score (nSPS) is 11.0. The molecule has 1 amide bonds. The molecule has 0 aliphatic rings. The predicted octanol–water partition coefficient (Wildman–Crippen LogP) is 5.78. The topological polar surface area (TPSA) is 76.9 Å². The molecule has 1 N–H and O–H groups in total. The Balaban J connectivity index is 1.68. The lowest BCUT2D eigenvalue weighted by Gasteiger charge is -2.14. The first-order chi connectivity index (χ1) is 15.3. The second kappa shape index (κ2) is 9.50. The van der Waals surface area contributed by atoms with E-state index in [1.165, 1.54) is 16.8 Å². The fourth-order valence-electron chi connectivity index (χ4n) is 2.96. The summed E-state index contributed by atoms with van der Waals surface area (Å²) in [4.78, 5) is 34.4. The Morgan fingerprint density at radius 2 is 1.88 bits per heavy atom. The summed E-state index contributed by atoms with van der Waals surface area (Å²) < 4.78 is 1.46. The van der Waals surface area contributed by atoms with Crippen LogP contribution in [0.1, 0.15) is 5.56 Å². The first-order valence-corrected chi connectivity index (χ1v) is 11.5. The monoisotopic (exact) mass is 504 g/mol. The molecular formula is C22H15Cl3N4O2S. The molecule has 2 heterocycles. The summed E-state index contributed by atoms with van der Waals surface area (Å²) >= 11 is 19.3. The van der Waals surface area contributed by atoms with Gasteiger partial charge in [0, 0.05) is 11.2 Å². The number of hydrogen-bond acceptors (Lipinski definition) is 5. The van der Waals surface area contributed by atoms with Crippen LogP contribution in [0.25, 0.3) is 16.6 Å². The molecule has 2 aromatic carbocycles. The van der Waals surface area contributed by atoms with Crippen LogP contribution in [0.4, 0.5) is 5.82 Å². The maximum absolute atomic E-state index is 13.3. The first-order valence-electron chi connectivity index (χ1n) is 9.35. The van der Waals surface area contributed by atoms with E-state index in [1.54, 1.807) is 36.4 Å². The van der Waals surface area contributed by atoms with Gasteiger partial charge in [-0.3, -0.25) is 14.2 Å². The highest BCUT2D eigenvalue weighted by molar-refractivity contribution is 7.99. The highest BCUT2D eigenvalue weighted by atomic mass is 35.5. The number of para-hydroxylation sites is 1. The van der Waals surface area contributed by atoms with Crippen LogP contribution in [0.5, 0.6) is 0 Å². The Labute approximate surface area is 202 Å². The zero-order chi connectivity index (χ0) is 22.8. The van der Waals surface area contributed by atoms with Crippen LogP contribution < -0.4 is 10.9 Å². The quantitative estimate of drug-likeness (QED) is 0.275. The number of rotatable bonds is 5. The molecule has 162 valence electrons. The van der Waals surface area contributed by atoms with Crippen molar-refractivity contribution in [3.05, 3.63) is 85.7 Å². The molecule has 0 aliphatic carbocycles. The van der Waals surface area contributed by atoms with Crippen molar-refractivity contribution < 1.29 is 4.79 Å². The van der Waals surface area contributed by atoms with E-state index in [1.807, 2.05) is 13.0 Å². The van der Waals surface area contributed by atoms with Crippen LogP contribution in [0.3, 0.4) is 0 Å². The third-order valence-electron chi connectivity index (χ3n) is 4.56. The summed E-state index contributed by atoms with van der Waals surface area (Å²) in [6.07, 6.45) is 1.39. The molecule has 32 heavy (non-hydrogen) atoms. The van der Waals surface area contributed by atoms with Crippen molar-refractivity contribution in [2.45, 2.75) is 12.1 Å². The van der Waals surface area contributed by atoms with E-state index in [2.05, 4.69) is 15.3 Å². The summed E-state index contributed by atoms with van der Waals surface area (Å²) in [5.74, 6) is -0.177. The van der Waals surface area contributed by atoms with E-state index in [9.17, 15) is 9.59 Å². The van der Waals surface area contributed by atoms with Crippen LogP contribution in [0, 0.1) is 6.92 Å². The number of hydrogen-bond donors (Lipinski definition) is 1. The highest BCUT2D eigenvalue weighted by Gasteiger charge is 2.16. The molecule has 0 unspecified atom stereocenters. The minimum absolute atomic E-state index is 0.0228. The average molecular weight is 506 g/mol. The summed E-state index contributed by atoms with van der Waals surface area (Å²) in [6, 6.07) is 13.9. The summed E-state index contributed by atoms with van der Waals surface area (Å²) in [5.41, 5.74) is 1.74. The van der Waals surface area contributed by atoms with Crippen molar-refractivity contribution in [1.82, 2.24) is 14.5 Å². The van der Waals surface area contributed by atoms with Crippen LogP contribution in [0.2, 0.25) is 15.1 Å². The van der Waals surface area contributed by atoms with Gasteiger partial charge in [-0.15, -0.1) is 0 Å². The van der Waals surface area contributed by atoms with Gasteiger partial charge >= 0.3 is 0 Å². The number of carbonyl (C=O) groups is 1. The largest absolute Gasteiger partial charge is 0.309 e. The van der Waals surface area contributed by atoms with Gasteiger partial charge in [-0.2, -0.15) is 0 Å². The molecule has 0 spiro atoms. The molecule has 2 aromatic heterocycles. The van der Waals surface area contributed by atoms with Gasteiger partial charge < -0.3 is 5.32 Å². The molecule has 0 saturated carbocycles. The summed E-state index contributed by atoms with van der Waals surface area (Å²) in [6.45, 7) is 1.88. The second-order valence-electron chi connectivity index (χ2n) is 6.81. The first kappa shape index (κ1) is 22.6. The smallest absolute Gasteiger partial charge is 0.266 e. The molecule has 0 radical (unpaired) electrons. The standard InChI is InChI=1S/C22H15Cl3N4O2S/c1-12-6-7-14(9-16(12)24)29-21(31)15-4-2-3-5-18(15)27-22(29)32-11-19(30)28-20-17(25)8-13(23)10-26-20/h2-10H,11H2,1H3,(H,26,28,30). The number of aryl methyl sites for hydroxylation is 1. The molecule has 4 aromatic rings. The fourth-order valence-corrected chi connectivity index (χ4v) is 4.38. The van der Waals surface area contributed by atoms with E-state index >= 15 is 0 Å². The highest BCUT2D eigenvalue weighted by Crippen LogP contribution is 2.26. The second-order valence-corrected chi connectivity index (χ2v) is 9.00. The Morgan fingerprint density at radius 3 is 2.62 bits per heavy atom. The molecule has 10 heteroatoms. The average Bonchev–Trinajstić information content (AvgIpc) is 2.76. The van der Waals surface area contributed by atoms with Gasteiger partial charge in [-0.1, -0.05) is 64.8 Å². The molecule has 4 rings (SSSR count). The van der Waals surface area contributed by atoms with Gasteiger partial charge in [-0.25, -0.2) is 9.97 Å². The van der Waals surface area contributed by atoms with Crippen LogP contribution in [0.15, 0.2) is 64.7 Å². The zero-order valence-corrected chi connectivity index (χ0v) is 19.7. The number of halogens is 3. The number of pyridine rings is 1. The lowest BCUT2D eigenvalue weighted by molar-refractivity contribution is -0.113. The van der Waals surface area contributed by atoms with Crippen LogP contribution >= 0.6 is 46.6 Å². The zero-order valence-electron chi connectivity index (χ0n) is 16.6. The number of amides is 1. The van der Waals surface area contributed by atoms with Crippen molar-refractivity contribution >= 4 is 69.2 Å². The van der Waals surface area contributed by atoms with Gasteiger partial charge in [0.05, 0.1) is 32.4 Å². The van der Waals surface area contributed by atoms with Crippen molar-refractivity contribution in [3.63, 3.8) is 0 Å². The minimum Gasteiger partial charge on any atom is -0.309 e. The van der Waals surface area contributed by atoms with Crippen molar-refractivity contribution in [3.8, 4) is 5.69 Å². The number of benzene rings is 2. The third-order valence-corrected chi connectivity index (χ3v) is 6.40. The van der Waals surface area contributed by atoms with Gasteiger partial charge in [0.2, 0.25) is 5.91 Å². The van der Waals surface area contributed by atoms with Crippen LogP contribution in [-0.4, -0.2) is 26.2 Å². The fraction of sp³-hybridized carbons (Fsp3) is 0.0909. The number of fused-ring (bicyclic) bond motifs is 1. The Morgan fingerprint density at radius 1 is 1.09 bits per heavy atom. The maximum Gasteiger partial charge on any atom is 0.266 e. The Bertz CT molecular complexity index is 1410. The number of aromatic nitrogens is 3. The summed E-state index contributed by atoms with van der Waals surface area (Å²) in [7, 11) is 0. The molecule has 0 aliphatic heterocycles. The Hall–Kier alpha value is -2.58. The predicted molar refractivity (Wildman–Crippen MR) is 131 cm³/mol. The summed E-state index contributed by atoms with van der Waals surface area (Å²) in [5, 5.41) is 4.58. The number of nitrogens with zero attached hydrogens (tertiary/aromatic N) is 3. The van der Waals surface area contributed by atoms with Gasteiger partial charge in [0.1, 0.15) is 0 Å². The molecular weight excluding hydrogens is 491 g/mol. The maximum atomic E-state index is 13.3. The van der Waals surface area contributed by atoms with E-state index in [-0.39, 0.29) is 28.1 Å². The van der Waals surface area contributed by atoms with E-state index < -0.39 is 0 Å². The van der Waals surface area contributed by atoms with Crippen molar-refractivity contribution in [1.29, 1.82) is 0 Å². The molecule has 0 fully saturated rings. The number of anilines is 1. The molecule has 6 nitrogen and oxygen atoms in total. The van der Waals surface area contributed by atoms with Crippen molar-refractivity contribution in [2.75, 3.05) is 11.1 Å². The minimum atomic E-state index is -0.359. The SMILES string of the molecule is Cc1ccc(-n2c(SCC(=O)Nc3ncc(Cl)cc3Cl)nc3ccccc3c2=O)cc1Cl. The number of carbonyl (C=O) groups excluding carboxylic acids is 1. The van der Waals surface area contributed by atoms with Gasteiger partial charge in [0.15, 0.2) is 11.0 Å². The van der Waals surface area contributed by atoms with E-state index in [0.717, 1.165) is 17.3 Å². The Kier molecular flexibility index (Phi) is 6.71. The van der Waals surface area contributed by atoms with Gasteiger partial charge in [-0.05, 0) is 42.8 Å². The van der Waals surface area contributed by atoms with Gasteiger partial charge in [0.25, 0.3) is 5.56 Å². The third kappa shape index (κ3) is 4.76. The lowest BCUT2D eigenvalue weighted by Crippen LogP contribution is -2.23. The van der Waals surface area contributed by atoms with Crippen LogP contribution in [-0.2, 0) is 4.79 Å². The molecule has 0 atom stereocenters. The lowest BCUT2D eigenvalue weighted by atomic mass is 10.2. The molecule has 0 saturated heterocycles. The molecule has 0 bridgehead atoms. The number of thioether (sulfide) groups is 1. The van der Waals surface area contributed by atoms with Crippen molar-refractivity contribution in [2.24, 2.45) is 0 Å².